The quantitative estimate of drug-likeness (QED) is 0.796. The van der Waals surface area contributed by atoms with E-state index in [1.165, 1.54) is 12.8 Å². The number of nitriles is 1. The molecule has 0 aliphatic carbocycles. The Morgan fingerprint density at radius 3 is 2.72 bits per heavy atom. The first-order valence-electron chi connectivity index (χ1n) is 10.6. The van der Waals surface area contributed by atoms with Crippen LogP contribution in [0.5, 0.6) is 0 Å². The van der Waals surface area contributed by atoms with Gasteiger partial charge in [0.05, 0.1) is 23.3 Å². The molecule has 2 saturated heterocycles. The van der Waals surface area contributed by atoms with Gasteiger partial charge in [0.1, 0.15) is 6.07 Å². The van der Waals surface area contributed by atoms with Crippen LogP contribution in [0.3, 0.4) is 0 Å². The molecular formula is C23H31N5O. The Hall–Kier alpha value is -2.20. The highest BCUT2D eigenvalue weighted by molar-refractivity contribution is 5.95. The van der Waals surface area contributed by atoms with Gasteiger partial charge in [-0.25, -0.2) is 0 Å². The average Bonchev–Trinajstić information content (AvgIpc) is 2.73. The topological polar surface area (TPSA) is 55.6 Å². The van der Waals surface area contributed by atoms with Gasteiger partial charge in [-0.1, -0.05) is 0 Å². The first-order valence-corrected chi connectivity index (χ1v) is 10.6. The third-order valence-corrected chi connectivity index (χ3v) is 6.28. The summed E-state index contributed by atoms with van der Waals surface area (Å²) in [5.74, 6) is 0. The fourth-order valence-corrected chi connectivity index (χ4v) is 4.77. The van der Waals surface area contributed by atoms with Crippen molar-refractivity contribution < 1.29 is 4.74 Å². The summed E-state index contributed by atoms with van der Waals surface area (Å²) in [6.45, 7) is 7.14. The molecule has 1 aromatic heterocycles. The molecule has 1 aromatic carbocycles. The van der Waals surface area contributed by atoms with Crippen LogP contribution in [0.2, 0.25) is 0 Å². The first-order chi connectivity index (χ1) is 14.0. The molecule has 6 heteroatoms. The second-order valence-corrected chi connectivity index (χ2v) is 8.61. The highest BCUT2D eigenvalue weighted by atomic mass is 16.5. The molecule has 0 radical (unpaired) electrons. The van der Waals surface area contributed by atoms with Gasteiger partial charge in [-0.3, -0.25) is 4.98 Å². The molecule has 29 heavy (non-hydrogen) atoms. The van der Waals surface area contributed by atoms with Gasteiger partial charge >= 0.3 is 0 Å². The molecule has 2 aromatic rings. The summed E-state index contributed by atoms with van der Waals surface area (Å²) in [5.41, 5.74) is 2.57. The van der Waals surface area contributed by atoms with Crippen molar-refractivity contribution in [2.24, 2.45) is 0 Å². The standard InChI is InChI=1S/C23H31N5O/c1-17-14-28(22-7-6-18(13-24)23-21(22)5-4-10-25-23)16-20(29-17)15-27-11-8-19(9-12-27)26(2)3/h4-7,10,17,19-20H,8-9,11-12,14-16H2,1-3H3/t17-,20-/m1/s1. The van der Waals surface area contributed by atoms with E-state index in [0.717, 1.165) is 49.3 Å². The van der Waals surface area contributed by atoms with E-state index >= 15 is 0 Å². The summed E-state index contributed by atoms with van der Waals surface area (Å²) in [6, 6.07) is 10.9. The van der Waals surface area contributed by atoms with Crippen molar-refractivity contribution >= 4 is 16.6 Å². The fraction of sp³-hybridized carbons (Fsp3) is 0.565. The molecule has 6 nitrogen and oxygen atoms in total. The number of aromatic nitrogens is 1. The Morgan fingerprint density at radius 1 is 1.21 bits per heavy atom. The van der Waals surface area contributed by atoms with Crippen molar-refractivity contribution in [3.63, 3.8) is 0 Å². The van der Waals surface area contributed by atoms with Gasteiger partial charge in [-0.05, 0) is 71.2 Å². The summed E-state index contributed by atoms with van der Waals surface area (Å²) in [7, 11) is 4.36. The lowest BCUT2D eigenvalue weighted by Gasteiger charge is -2.42. The van der Waals surface area contributed by atoms with Crippen LogP contribution in [0.15, 0.2) is 30.5 Å². The molecule has 2 aliphatic heterocycles. The van der Waals surface area contributed by atoms with Gasteiger partial charge in [0.25, 0.3) is 0 Å². The molecule has 0 N–H and O–H groups in total. The summed E-state index contributed by atoms with van der Waals surface area (Å²) in [4.78, 5) is 11.8. The van der Waals surface area contributed by atoms with E-state index in [0.29, 0.717) is 11.6 Å². The zero-order chi connectivity index (χ0) is 20.4. The number of benzene rings is 1. The lowest BCUT2D eigenvalue weighted by atomic mass is 10.0. The summed E-state index contributed by atoms with van der Waals surface area (Å²) in [5, 5.41) is 10.5. The minimum absolute atomic E-state index is 0.176. The Bertz CT molecular complexity index is 884. The van der Waals surface area contributed by atoms with E-state index in [9.17, 15) is 5.26 Å². The van der Waals surface area contributed by atoms with E-state index < -0.39 is 0 Å². The molecule has 2 fully saturated rings. The molecule has 154 valence electrons. The van der Waals surface area contributed by atoms with Crippen molar-refractivity contribution in [2.45, 2.75) is 38.0 Å². The van der Waals surface area contributed by atoms with Crippen LogP contribution in [0, 0.1) is 11.3 Å². The SMILES string of the molecule is C[C@@H]1CN(c2ccc(C#N)c3ncccc23)C[C@@H](CN2CCC(N(C)C)CC2)O1. The number of anilines is 1. The Kier molecular flexibility index (Phi) is 6.00. The zero-order valence-corrected chi connectivity index (χ0v) is 17.7. The maximum Gasteiger partial charge on any atom is 0.101 e. The number of ether oxygens (including phenoxy) is 1. The smallest absolute Gasteiger partial charge is 0.101 e. The number of rotatable bonds is 4. The Balaban J connectivity index is 1.49. The average molecular weight is 394 g/mol. The summed E-state index contributed by atoms with van der Waals surface area (Å²) < 4.78 is 6.31. The third-order valence-electron chi connectivity index (χ3n) is 6.28. The first kappa shape index (κ1) is 20.1. The van der Waals surface area contributed by atoms with E-state index in [1.54, 1.807) is 6.20 Å². The number of nitrogens with zero attached hydrogens (tertiary/aromatic N) is 5. The second-order valence-electron chi connectivity index (χ2n) is 8.61. The van der Waals surface area contributed by atoms with Crippen LogP contribution in [-0.2, 0) is 4.74 Å². The minimum atomic E-state index is 0.176. The monoisotopic (exact) mass is 393 g/mol. The fourth-order valence-electron chi connectivity index (χ4n) is 4.77. The summed E-state index contributed by atoms with van der Waals surface area (Å²) >= 11 is 0. The second kappa shape index (κ2) is 8.66. The lowest BCUT2D eigenvalue weighted by Crippen LogP contribution is -2.52. The van der Waals surface area contributed by atoms with Gasteiger partial charge in [-0.15, -0.1) is 0 Å². The molecule has 0 unspecified atom stereocenters. The molecule has 3 heterocycles. The van der Waals surface area contributed by atoms with Crippen molar-refractivity contribution in [3.8, 4) is 6.07 Å². The van der Waals surface area contributed by atoms with Crippen LogP contribution in [0.1, 0.15) is 25.3 Å². The highest BCUT2D eigenvalue weighted by Crippen LogP contribution is 2.30. The van der Waals surface area contributed by atoms with Crippen molar-refractivity contribution in [3.05, 3.63) is 36.0 Å². The molecule has 4 rings (SSSR count). The number of morpholine rings is 1. The molecule has 2 aliphatic rings. The van der Waals surface area contributed by atoms with Crippen LogP contribution in [0.4, 0.5) is 5.69 Å². The number of fused-ring (bicyclic) bond motifs is 1. The predicted molar refractivity (Wildman–Crippen MR) is 116 cm³/mol. The largest absolute Gasteiger partial charge is 0.370 e. The maximum atomic E-state index is 9.42. The van der Waals surface area contributed by atoms with Gasteiger partial charge < -0.3 is 19.4 Å². The lowest BCUT2D eigenvalue weighted by molar-refractivity contribution is -0.0367. The number of hydrogen-bond donors (Lipinski definition) is 0. The van der Waals surface area contributed by atoms with Gasteiger partial charge in [0.15, 0.2) is 0 Å². The van der Waals surface area contributed by atoms with Crippen molar-refractivity contribution in [1.82, 2.24) is 14.8 Å². The summed E-state index contributed by atoms with van der Waals surface area (Å²) in [6.07, 6.45) is 4.58. The number of hydrogen-bond acceptors (Lipinski definition) is 6. The molecule has 0 saturated carbocycles. The Morgan fingerprint density at radius 2 is 2.00 bits per heavy atom. The molecule has 2 atom stereocenters. The van der Waals surface area contributed by atoms with Gasteiger partial charge in [0.2, 0.25) is 0 Å². The van der Waals surface area contributed by atoms with Crippen LogP contribution in [-0.4, -0.2) is 79.9 Å². The normalized spacial score (nSPS) is 24.2. The molecular weight excluding hydrogens is 362 g/mol. The highest BCUT2D eigenvalue weighted by Gasteiger charge is 2.30. The predicted octanol–water partition coefficient (Wildman–Crippen LogP) is 2.73. The van der Waals surface area contributed by atoms with Crippen LogP contribution in [0.25, 0.3) is 10.9 Å². The maximum absolute atomic E-state index is 9.42. The number of piperidine rings is 1. The number of likely N-dealkylation sites (tertiary alicyclic amines) is 1. The van der Waals surface area contributed by atoms with E-state index in [4.69, 9.17) is 4.74 Å². The van der Waals surface area contributed by atoms with E-state index in [2.05, 4.69) is 58.9 Å². The van der Waals surface area contributed by atoms with Crippen LogP contribution >= 0.6 is 0 Å². The zero-order valence-electron chi connectivity index (χ0n) is 17.7. The molecule has 0 bridgehead atoms. The van der Waals surface area contributed by atoms with E-state index in [1.807, 2.05) is 12.1 Å². The van der Waals surface area contributed by atoms with E-state index in [-0.39, 0.29) is 12.2 Å². The van der Waals surface area contributed by atoms with Crippen molar-refractivity contribution in [1.29, 1.82) is 5.26 Å². The Labute approximate surface area is 173 Å². The van der Waals surface area contributed by atoms with Crippen LogP contribution < -0.4 is 4.90 Å². The van der Waals surface area contributed by atoms with Crippen molar-refractivity contribution in [2.75, 3.05) is 51.7 Å². The minimum Gasteiger partial charge on any atom is -0.370 e. The van der Waals surface area contributed by atoms with Gasteiger partial charge in [-0.2, -0.15) is 5.26 Å². The molecule has 0 amide bonds. The third kappa shape index (κ3) is 4.37. The molecule has 0 spiro atoms. The van der Waals surface area contributed by atoms with Gasteiger partial charge in [0, 0.05) is 42.9 Å². The number of pyridine rings is 1.